The summed E-state index contributed by atoms with van der Waals surface area (Å²) in [4.78, 5) is 13.2. The number of carboxylic acid groups (broad SMARTS) is 1. The fourth-order valence-corrected chi connectivity index (χ4v) is 3.76. The molecule has 4 rings (SSSR count). The molecule has 0 bridgehead atoms. The van der Waals surface area contributed by atoms with Gasteiger partial charge in [-0.05, 0) is 47.9 Å². The van der Waals surface area contributed by atoms with E-state index in [1.54, 1.807) is 18.2 Å². The van der Waals surface area contributed by atoms with Crippen LogP contribution in [0.5, 0.6) is 0 Å². The Labute approximate surface area is 155 Å². The van der Waals surface area contributed by atoms with Gasteiger partial charge in [0.15, 0.2) is 0 Å². The summed E-state index contributed by atoms with van der Waals surface area (Å²) in [6.07, 6.45) is 1.15. The molecule has 27 heavy (non-hydrogen) atoms. The molecule has 1 saturated heterocycles. The van der Waals surface area contributed by atoms with E-state index in [9.17, 15) is 14.3 Å². The zero-order valence-corrected chi connectivity index (χ0v) is 14.7. The van der Waals surface area contributed by atoms with E-state index in [1.807, 2.05) is 12.1 Å². The Kier molecular flexibility index (Phi) is 4.45. The number of hydrogen-bond acceptors (Lipinski definition) is 4. The lowest BCUT2D eigenvalue weighted by Gasteiger charge is -2.23. The summed E-state index contributed by atoms with van der Waals surface area (Å²) < 4.78 is 18.3. The number of likely N-dealkylation sites (tertiary alicyclic amines) is 1. The largest absolute Gasteiger partial charge is 0.475 e. The molecule has 3 aromatic rings. The van der Waals surface area contributed by atoms with Crippen molar-refractivity contribution < 1.29 is 23.8 Å². The van der Waals surface area contributed by atoms with Crippen LogP contribution in [0.3, 0.4) is 0 Å². The molecule has 0 radical (unpaired) electrons. The smallest absolute Gasteiger partial charge is 0.371 e. The predicted molar refractivity (Wildman–Crippen MR) is 98.1 cm³/mol. The minimum atomic E-state index is -1.09. The average molecular weight is 369 g/mol. The maximum atomic E-state index is 13.0. The first-order valence-corrected chi connectivity index (χ1v) is 8.85. The van der Waals surface area contributed by atoms with Crippen LogP contribution in [-0.2, 0) is 13.0 Å². The third-order valence-corrected chi connectivity index (χ3v) is 5.06. The number of β-amino-alcohol motifs (C(OH)–C–C–N with tert-alkyl or cyclic N) is 1. The van der Waals surface area contributed by atoms with E-state index in [2.05, 4.69) is 4.90 Å². The van der Waals surface area contributed by atoms with Crippen molar-refractivity contribution >= 4 is 16.9 Å². The molecule has 1 atom stereocenters. The number of carboxylic acids is 1. The second-order valence-electron chi connectivity index (χ2n) is 7.28. The van der Waals surface area contributed by atoms with Crippen LogP contribution < -0.4 is 0 Å². The Morgan fingerprint density at radius 1 is 1.15 bits per heavy atom. The van der Waals surface area contributed by atoms with E-state index in [4.69, 9.17) is 9.52 Å². The second kappa shape index (κ2) is 6.79. The molecule has 1 aromatic heterocycles. The number of aliphatic hydroxyl groups is 1. The topological polar surface area (TPSA) is 73.9 Å². The number of aromatic carboxylic acids is 1. The van der Waals surface area contributed by atoms with Gasteiger partial charge >= 0.3 is 5.97 Å². The second-order valence-corrected chi connectivity index (χ2v) is 7.28. The number of benzene rings is 2. The molecule has 0 saturated carbocycles. The summed E-state index contributed by atoms with van der Waals surface area (Å²) in [6.45, 7) is 1.96. The van der Waals surface area contributed by atoms with Gasteiger partial charge in [-0.25, -0.2) is 9.18 Å². The van der Waals surface area contributed by atoms with Crippen molar-refractivity contribution in [3.63, 3.8) is 0 Å². The summed E-state index contributed by atoms with van der Waals surface area (Å²) in [5, 5.41) is 20.7. The number of rotatable bonds is 5. The highest BCUT2D eigenvalue weighted by atomic mass is 19.1. The van der Waals surface area contributed by atoms with E-state index in [0.717, 1.165) is 23.1 Å². The standard InChI is InChI=1S/C21H20FNO4/c22-17-4-1-14(2-5-17)11-21(26)7-8-23(13-21)12-15-3-6-18-16(9-15)10-19(27-18)20(24)25/h1-6,9-10,26H,7-8,11-13H2,(H,24,25). The number of halogens is 1. The van der Waals surface area contributed by atoms with Crippen molar-refractivity contribution in [1.82, 2.24) is 4.90 Å². The molecule has 1 unspecified atom stereocenters. The Balaban J connectivity index is 1.43. The molecular formula is C21H20FNO4. The minimum absolute atomic E-state index is 0.0722. The summed E-state index contributed by atoms with van der Waals surface area (Å²) in [5.41, 5.74) is 1.67. The van der Waals surface area contributed by atoms with Gasteiger partial charge in [0.25, 0.3) is 0 Å². The summed E-state index contributed by atoms with van der Waals surface area (Å²) in [5.74, 6) is -1.44. The van der Waals surface area contributed by atoms with Gasteiger partial charge in [0.05, 0.1) is 5.60 Å². The van der Waals surface area contributed by atoms with Gasteiger partial charge < -0.3 is 14.6 Å². The van der Waals surface area contributed by atoms with Crippen LogP contribution in [0.1, 0.15) is 28.1 Å². The van der Waals surface area contributed by atoms with E-state index in [0.29, 0.717) is 31.5 Å². The van der Waals surface area contributed by atoms with Crippen LogP contribution in [0.4, 0.5) is 4.39 Å². The molecule has 2 N–H and O–H groups in total. The molecule has 0 aliphatic carbocycles. The third-order valence-electron chi connectivity index (χ3n) is 5.06. The fourth-order valence-electron chi connectivity index (χ4n) is 3.76. The summed E-state index contributed by atoms with van der Waals surface area (Å²) in [6, 6.07) is 13.4. The molecule has 140 valence electrons. The quantitative estimate of drug-likeness (QED) is 0.721. The number of fused-ring (bicyclic) bond motifs is 1. The highest BCUT2D eigenvalue weighted by molar-refractivity contribution is 5.91. The Morgan fingerprint density at radius 2 is 1.89 bits per heavy atom. The minimum Gasteiger partial charge on any atom is -0.475 e. The van der Waals surface area contributed by atoms with Crippen molar-refractivity contribution in [3.8, 4) is 0 Å². The van der Waals surface area contributed by atoms with Crippen LogP contribution in [0, 0.1) is 5.82 Å². The van der Waals surface area contributed by atoms with Crippen LogP contribution in [-0.4, -0.2) is 39.8 Å². The highest BCUT2D eigenvalue weighted by Crippen LogP contribution is 2.28. The third kappa shape index (κ3) is 3.86. The van der Waals surface area contributed by atoms with E-state index in [-0.39, 0.29) is 11.6 Å². The molecule has 1 aliphatic heterocycles. The average Bonchev–Trinajstić information content (AvgIpc) is 3.21. The van der Waals surface area contributed by atoms with Crippen molar-refractivity contribution in [2.75, 3.05) is 13.1 Å². The summed E-state index contributed by atoms with van der Waals surface area (Å²) in [7, 11) is 0. The van der Waals surface area contributed by atoms with Crippen molar-refractivity contribution in [3.05, 3.63) is 71.2 Å². The van der Waals surface area contributed by atoms with E-state index < -0.39 is 11.6 Å². The van der Waals surface area contributed by atoms with Gasteiger partial charge in [0.2, 0.25) is 5.76 Å². The van der Waals surface area contributed by atoms with E-state index >= 15 is 0 Å². The molecular weight excluding hydrogens is 349 g/mol. The van der Waals surface area contributed by atoms with Crippen LogP contribution in [0.15, 0.2) is 52.9 Å². The maximum Gasteiger partial charge on any atom is 0.371 e. The lowest BCUT2D eigenvalue weighted by atomic mass is 9.94. The van der Waals surface area contributed by atoms with Crippen LogP contribution in [0.2, 0.25) is 0 Å². The Hall–Kier alpha value is -2.70. The van der Waals surface area contributed by atoms with Gasteiger partial charge in [0.1, 0.15) is 11.4 Å². The van der Waals surface area contributed by atoms with Crippen LogP contribution in [0.25, 0.3) is 11.0 Å². The normalized spacial score (nSPS) is 20.4. The molecule has 5 nitrogen and oxygen atoms in total. The van der Waals surface area contributed by atoms with Gasteiger partial charge in [-0.2, -0.15) is 0 Å². The van der Waals surface area contributed by atoms with Gasteiger partial charge in [-0.1, -0.05) is 18.2 Å². The van der Waals surface area contributed by atoms with Gasteiger partial charge in [0, 0.05) is 31.4 Å². The SMILES string of the molecule is O=C(O)c1cc2cc(CN3CCC(O)(Cc4ccc(F)cc4)C3)ccc2o1. The number of hydrogen-bond donors (Lipinski definition) is 2. The van der Waals surface area contributed by atoms with E-state index in [1.165, 1.54) is 18.2 Å². The number of furan rings is 1. The fraction of sp³-hybridized carbons (Fsp3) is 0.286. The Bertz CT molecular complexity index is 982. The zero-order chi connectivity index (χ0) is 19.0. The van der Waals surface area contributed by atoms with Crippen molar-refractivity contribution in [2.45, 2.75) is 25.0 Å². The first-order valence-electron chi connectivity index (χ1n) is 8.85. The van der Waals surface area contributed by atoms with Crippen LogP contribution >= 0.6 is 0 Å². The monoisotopic (exact) mass is 369 g/mol. The number of carbonyl (C=O) groups is 1. The van der Waals surface area contributed by atoms with Gasteiger partial charge in [-0.3, -0.25) is 4.90 Å². The summed E-state index contributed by atoms with van der Waals surface area (Å²) >= 11 is 0. The Morgan fingerprint density at radius 3 is 2.63 bits per heavy atom. The lowest BCUT2D eigenvalue weighted by Crippen LogP contribution is -2.35. The molecule has 1 aliphatic rings. The molecule has 1 fully saturated rings. The molecule has 2 aromatic carbocycles. The molecule has 6 heteroatoms. The molecule has 0 amide bonds. The zero-order valence-electron chi connectivity index (χ0n) is 14.7. The molecule has 2 heterocycles. The predicted octanol–water partition coefficient (Wildman–Crippen LogP) is 3.45. The lowest BCUT2D eigenvalue weighted by molar-refractivity contribution is 0.0488. The highest BCUT2D eigenvalue weighted by Gasteiger charge is 2.36. The molecule has 0 spiro atoms. The van der Waals surface area contributed by atoms with Crippen molar-refractivity contribution in [2.24, 2.45) is 0 Å². The van der Waals surface area contributed by atoms with Gasteiger partial charge in [-0.15, -0.1) is 0 Å². The van der Waals surface area contributed by atoms with Crippen molar-refractivity contribution in [1.29, 1.82) is 0 Å². The number of nitrogens with zero attached hydrogens (tertiary/aromatic N) is 1. The first-order chi connectivity index (χ1) is 12.9. The first kappa shape index (κ1) is 17.7. The maximum absolute atomic E-state index is 13.0.